The summed E-state index contributed by atoms with van der Waals surface area (Å²) >= 11 is 6.28. The van der Waals surface area contributed by atoms with Gasteiger partial charge in [0, 0.05) is 57.9 Å². The fraction of sp³-hybridized carbons (Fsp3) is 0.341. The van der Waals surface area contributed by atoms with Gasteiger partial charge in [-0.25, -0.2) is 9.19 Å². The van der Waals surface area contributed by atoms with Crippen LogP contribution in [0.5, 0.6) is 5.75 Å². The van der Waals surface area contributed by atoms with Crippen LogP contribution in [0.15, 0.2) is 66.9 Å². The second kappa shape index (κ2) is 20.1. The van der Waals surface area contributed by atoms with Crippen LogP contribution in [0.1, 0.15) is 33.6 Å². The smallest absolute Gasteiger partial charge is 0.264 e. The average Bonchev–Trinajstić information content (AvgIpc) is 3.53. The number of nitrogens with zero attached hydrogens (tertiary/aromatic N) is 6. The molecule has 0 radical (unpaired) electrons. The molecule has 326 valence electrons. The van der Waals surface area contributed by atoms with E-state index in [9.17, 15) is 28.2 Å². The molecule has 0 spiro atoms. The van der Waals surface area contributed by atoms with Gasteiger partial charge < -0.3 is 35.1 Å². The van der Waals surface area contributed by atoms with Crippen molar-refractivity contribution in [2.24, 2.45) is 0 Å². The summed E-state index contributed by atoms with van der Waals surface area (Å²) in [6.07, 6.45) is 1.53. The van der Waals surface area contributed by atoms with E-state index in [0.717, 1.165) is 43.3 Å². The molecule has 3 aliphatic heterocycles. The van der Waals surface area contributed by atoms with Crippen molar-refractivity contribution in [3.05, 3.63) is 83.0 Å². The maximum atomic E-state index is 13.3. The van der Waals surface area contributed by atoms with Gasteiger partial charge >= 0.3 is 0 Å². The fourth-order valence-corrected chi connectivity index (χ4v) is 7.66. The summed E-state index contributed by atoms with van der Waals surface area (Å²) in [7, 11) is 3.30. The number of halogens is 1. The number of thiol groups is 1. The highest BCUT2D eigenvalue weighted by atomic mass is 35.5. The number of hydrogen-bond donors (Lipinski definition) is 5. The normalized spacial score (nSPS) is 16.5. The van der Waals surface area contributed by atoms with Gasteiger partial charge in [-0.1, -0.05) is 29.8 Å². The number of imide groups is 2. The lowest BCUT2D eigenvalue weighted by atomic mass is 10.0. The molecule has 5 amide bonds. The largest absolute Gasteiger partial charge is 0.494 e. The Bertz CT molecular complexity index is 2370. The zero-order chi connectivity index (χ0) is 43.8. The van der Waals surface area contributed by atoms with Crippen LogP contribution < -0.4 is 35.2 Å². The van der Waals surface area contributed by atoms with E-state index in [-0.39, 0.29) is 61.3 Å². The molecule has 4 aromatic rings. The number of amides is 5. The van der Waals surface area contributed by atoms with Crippen molar-refractivity contribution in [1.82, 2.24) is 25.1 Å². The van der Waals surface area contributed by atoms with E-state index in [2.05, 4.69) is 41.0 Å². The predicted molar refractivity (Wildman–Crippen MR) is 233 cm³/mol. The van der Waals surface area contributed by atoms with Crippen LogP contribution in [0.25, 0.3) is 0 Å². The van der Waals surface area contributed by atoms with E-state index in [1.807, 2.05) is 42.5 Å². The average molecular weight is 889 g/mol. The maximum Gasteiger partial charge on any atom is 0.264 e. The summed E-state index contributed by atoms with van der Waals surface area (Å²) in [4.78, 5) is 77.4. The minimum atomic E-state index is -1.11. The third-order valence-corrected chi connectivity index (χ3v) is 11.2. The topological polar surface area (TPSA) is 217 Å². The number of rotatable bonds is 18. The van der Waals surface area contributed by atoms with Gasteiger partial charge in [0.1, 0.15) is 35.3 Å². The first-order chi connectivity index (χ1) is 30.0. The number of para-hydroxylation sites is 2. The van der Waals surface area contributed by atoms with Crippen LogP contribution in [-0.4, -0.2) is 133 Å². The molecule has 19 nitrogen and oxygen atoms in total. The molecule has 2 saturated heterocycles. The molecule has 1 unspecified atom stereocenters. The lowest BCUT2D eigenvalue weighted by molar-refractivity contribution is -0.136. The number of nitrogens with one attached hydrogen (secondary N) is 4. The first-order valence-corrected chi connectivity index (χ1v) is 20.9. The van der Waals surface area contributed by atoms with Crippen molar-refractivity contribution in [2.75, 3.05) is 98.5 Å². The van der Waals surface area contributed by atoms with Crippen molar-refractivity contribution < 1.29 is 42.4 Å². The van der Waals surface area contributed by atoms with Gasteiger partial charge in [-0.3, -0.25) is 43.4 Å². The first kappa shape index (κ1) is 43.9. The van der Waals surface area contributed by atoms with Crippen LogP contribution in [0, 0.1) is 0 Å². The lowest BCUT2D eigenvalue weighted by Gasteiger charge is -2.36. The zero-order valence-electron chi connectivity index (χ0n) is 33.9. The molecular weight excluding hydrogens is 844 g/mol. The molecule has 1 atom stereocenters. The van der Waals surface area contributed by atoms with Crippen molar-refractivity contribution in [3.63, 3.8) is 0 Å². The second-order valence-electron chi connectivity index (χ2n) is 14.4. The van der Waals surface area contributed by atoms with Gasteiger partial charge in [-0.05, 0) is 42.8 Å². The summed E-state index contributed by atoms with van der Waals surface area (Å²) in [5, 5.41) is 11.5. The number of piperazine rings is 1. The van der Waals surface area contributed by atoms with E-state index < -0.39 is 35.6 Å². The third-order valence-electron chi connectivity index (χ3n) is 10.4. The number of carbonyl (C=O) groups is 5. The highest BCUT2D eigenvalue weighted by Crippen LogP contribution is 2.35. The van der Waals surface area contributed by atoms with Crippen LogP contribution in [0.4, 0.5) is 40.2 Å². The Morgan fingerprint density at radius 1 is 0.935 bits per heavy atom. The highest BCUT2D eigenvalue weighted by molar-refractivity contribution is 7.67. The number of benzene rings is 3. The first-order valence-electron chi connectivity index (χ1n) is 19.7. The summed E-state index contributed by atoms with van der Waals surface area (Å²) in [6, 6.07) is 16.6. The predicted octanol–water partition coefficient (Wildman–Crippen LogP) is 3.12. The minimum Gasteiger partial charge on any atom is -0.494 e. The van der Waals surface area contributed by atoms with Crippen molar-refractivity contribution in [3.8, 4) is 5.75 Å². The number of piperidine rings is 1. The Balaban J connectivity index is 0.815. The zero-order valence-corrected chi connectivity index (χ0v) is 35.5. The van der Waals surface area contributed by atoms with E-state index in [1.54, 1.807) is 18.5 Å². The van der Waals surface area contributed by atoms with Crippen LogP contribution in [-0.2, 0) is 35.7 Å². The molecule has 3 aliphatic rings. The standard InChI is InChI=1S/C41H45ClN10O9S/c1-49(62-58)31-9-4-3-7-28(31)45-37-27(42)23-43-41(48-37)46-29-11-10-25(22-33(29)59-2)51-16-14-50(15-17-51)18-19-60-20-21-61-24-35(54)44-30-8-5-6-26-36(30)40(57)52(39(26)56)32-12-13-34(53)47-38(32)55/h3-11,22-23,32,62H,12-21,24H2,1-2H3,(H,44,54)(H,47,53,55)(H2,43,45,46,48). The Morgan fingerprint density at radius 2 is 1.71 bits per heavy atom. The second-order valence-corrected chi connectivity index (χ2v) is 15.5. The number of aromatic nitrogens is 2. The van der Waals surface area contributed by atoms with Crippen LogP contribution >= 0.6 is 11.6 Å². The molecule has 0 bridgehead atoms. The number of hydrogen-bond acceptors (Lipinski definition) is 15. The molecular formula is C41H45ClN10O9S. The molecule has 0 saturated carbocycles. The fourth-order valence-electron chi connectivity index (χ4n) is 7.26. The van der Waals surface area contributed by atoms with Crippen LogP contribution in [0.2, 0.25) is 5.02 Å². The molecule has 4 heterocycles. The van der Waals surface area contributed by atoms with E-state index in [1.165, 1.54) is 24.4 Å². The number of methoxy groups -OCH3 is 1. The van der Waals surface area contributed by atoms with Crippen molar-refractivity contribution in [1.29, 1.82) is 0 Å². The highest BCUT2D eigenvalue weighted by Gasteiger charge is 2.45. The monoisotopic (exact) mass is 888 g/mol. The van der Waals surface area contributed by atoms with Gasteiger partial charge in [0.2, 0.25) is 23.7 Å². The Hall–Kier alpha value is -6.19. The molecule has 1 aromatic heterocycles. The van der Waals surface area contributed by atoms with Crippen LogP contribution in [0.3, 0.4) is 0 Å². The molecule has 21 heteroatoms. The quantitative estimate of drug-likeness (QED) is 0.0551. The third kappa shape index (κ3) is 10.1. The molecule has 2 fully saturated rings. The summed E-state index contributed by atoms with van der Waals surface area (Å²) in [5.41, 5.74) is 3.24. The number of carbonyl (C=O) groups excluding carboxylic acids is 5. The van der Waals surface area contributed by atoms with Crippen molar-refractivity contribution >= 4 is 93.2 Å². The van der Waals surface area contributed by atoms with E-state index in [0.29, 0.717) is 46.2 Å². The van der Waals surface area contributed by atoms with Gasteiger partial charge in [0.25, 0.3) is 11.8 Å². The summed E-state index contributed by atoms with van der Waals surface area (Å²) in [6.45, 7) is 4.58. The molecule has 4 N–H and O–H groups in total. The van der Waals surface area contributed by atoms with Gasteiger partial charge in [0.05, 0.1) is 67.0 Å². The molecule has 0 aliphatic carbocycles. The minimum absolute atomic E-state index is 0.00570. The summed E-state index contributed by atoms with van der Waals surface area (Å²) < 4.78 is 30.0. The Labute approximate surface area is 365 Å². The number of fused-ring (bicyclic) bond motifs is 1. The summed E-state index contributed by atoms with van der Waals surface area (Å²) in [5.74, 6) is -1.79. The molecule has 3 aromatic carbocycles. The number of ether oxygens (including phenoxy) is 3. The molecule has 62 heavy (non-hydrogen) atoms. The Kier molecular flexibility index (Phi) is 14.2. The van der Waals surface area contributed by atoms with Crippen molar-refractivity contribution in [2.45, 2.75) is 18.9 Å². The van der Waals surface area contributed by atoms with Gasteiger partial charge in [-0.15, -0.1) is 0 Å². The van der Waals surface area contributed by atoms with E-state index in [4.69, 9.17) is 25.8 Å². The SMILES string of the molecule is COc1cc(N2CCN(CCOCCOCC(=O)Nc3cccc4c3C(=O)N(C3CCC(=O)NC3=O)C4=O)CC2)ccc1Nc1ncc(Cl)c(Nc2ccccc2N(C)[SH]=O)n1. The van der Waals surface area contributed by atoms with Gasteiger partial charge in [0.15, 0.2) is 5.82 Å². The lowest BCUT2D eigenvalue weighted by Crippen LogP contribution is -2.54. The maximum absolute atomic E-state index is 13.3. The van der Waals surface area contributed by atoms with Gasteiger partial charge in [-0.2, -0.15) is 4.98 Å². The number of anilines is 7. The van der Waals surface area contributed by atoms with E-state index >= 15 is 0 Å². The Morgan fingerprint density at radius 3 is 2.48 bits per heavy atom. The molecule has 7 rings (SSSR count).